The smallest absolute Gasteiger partial charge is 0.123 e. The van der Waals surface area contributed by atoms with Crippen molar-refractivity contribution in [2.45, 2.75) is 39.3 Å². The number of aliphatic hydroxyl groups is 1. The molecule has 0 heterocycles. The molecule has 1 aromatic carbocycles. The maximum atomic E-state index is 9.44. The van der Waals surface area contributed by atoms with E-state index < -0.39 is 0 Å². The minimum atomic E-state index is -0.193. The summed E-state index contributed by atoms with van der Waals surface area (Å²) in [5.74, 6) is 0.916. The first-order valence-electron chi connectivity index (χ1n) is 6.19. The van der Waals surface area contributed by atoms with E-state index in [1.165, 1.54) is 11.1 Å². The van der Waals surface area contributed by atoms with Crippen LogP contribution in [-0.4, -0.2) is 24.9 Å². The van der Waals surface area contributed by atoms with Crippen molar-refractivity contribution >= 4 is 0 Å². The van der Waals surface area contributed by atoms with E-state index in [-0.39, 0.29) is 6.10 Å². The van der Waals surface area contributed by atoms with Crippen LogP contribution < -0.4 is 10.1 Å². The maximum Gasteiger partial charge on any atom is 0.123 e. The van der Waals surface area contributed by atoms with Crippen LogP contribution >= 0.6 is 0 Å². The van der Waals surface area contributed by atoms with Gasteiger partial charge in [-0.05, 0) is 32.4 Å². The van der Waals surface area contributed by atoms with Crippen molar-refractivity contribution in [3.63, 3.8) is 0 Å². The minimum absolute atomic E-state index is 0.193. The van der Waals surface area contributed by atoms with E-state index in [9.17, 15) is 5.11 Å². The van der Waals surface area contributed by atoms with Crippen molar-refractivity contribution in [1.82, 2.24) is 5.32 Å². The van der Waals surface area contributed by atoms with Crippen LogP contribution in [0.25, 0.3) is 0 Å². The van der Waals surface area contributed by atoms with Crippen LogP contribution in [0.15, 0.2) is 18.2 Å². The highest BCUT2D eigenvalue weighted by Gasteiger charge is 2.03. The Morgan fingerprint density at radius 1 is 1.41 bits per heavy atom. The third-order valence-corrected chi connectivity index (χ3v) is 2.88. The highest BCUT2D eigenvalue weighted by atomic mass is 16.5. The molecule has 0 aliphatic rings. The number of nitrogens with one attached hydrogen (secondary N) is 1. The van der Waals surface area contributed by atoms with E-state index in [1.54, 1.807) is 7.11 Å². The van der Waals surface area contributed by atoms with Gasteiger partial charge in [0.25, 0.3) is 0 Å². The summed E-state index contributed by atoms with van der Waals surface area (Å²) in [7, 11) is 1.69. The number of hydrogen-bond donors (Lipinski definition) is 2. The molecule has 0 amide bonds. The second-order valence-corrected chi connectivity index (χ2v) is 4.34. The lowest BCUT2D eigenvalue weighted by molar-refractivity contribution is 0.159. The number of rotatable bonds is 7. The monoisotopic (exact) mass is 237 g/mol. The van der Waals surface area contributed by atoms with Gasteiger partial charge >= 0.3 is 0 Å². The zero-order chi connectivity index (χ0) is 12.7. The third kappa shape index (κ3) is 4.75. The average Bonchev–Trinajstić information content (AvgIpc) is 2.34. The van der Waals surface area contributed by atoms with Gasteiger partial charge in [-0.15, -0.1) is 0 Å². The first kappa shape index (κ1) is 14.0. The molecule has 0 saturated carbocycles. The fraction of sp³-hybridized carbons (Fsp3) is 0.571. The van der Waals surface area contributed by atoms with Gasteiger partial charge in [-0.3, -0.25) is 0 Å². The van der Waals surface area contributed by atoms with Crippen molar-refractivity contribution in [3.05, 3.63) is 29.3 Å². The van der Waals surface area contributed by atoms with Crippen LogP contribution in [0.1, 0.15) is 30.9 Å². The van der Waals surface area contributed by atoms with Gasteiger partial charge in [0, 0.05) is 12.1 Å². The Hall–Kier alpha value is -1.06. The van der Waals surface area contributed by atoms with Gasteiger partial charge < -0.3 is 15.2 Å². The molecule has 3 nitrogen and oxygen atoms in total. The van der Waals surface area contributed by atoms with Crippen molar-refractivity contribution in [2.75, 3.05) is 13.7 Å². The number of ether oxygens (including phenoxy) is 1. The topological polar surface area (TPSA) is 41.5 Å². The van der Waals surface area contributed by atoms with Gasteiger partial charge in [-0.25, -0.2) is 0 Å². The highest BCUT2D eigenvalue weighted by Crippen LogP contribution is 2.19. The fourth-order valence-electron chi connectivity index (χ4n) is 1.74. The van der Waals surface area contributed by atoms with E-state index in [0.29, 0.717) is 0 Å². The Balaban J connectivity index is 2.42. The van der Waals surface area contributed by atoms with Crippen LogP contribution in [-0.2, 0) is 6.54 Å². The fourth-order valence-corrected chi connectivity index (χ4v) is 1.74. The van der Waals surface area contributed by atoms with E-state index >= 15 is 0 Å². The molecule has 0 saturated heterocycles. The molecule has 0 bridgehead atoms. The molecule has 1 unspecified atom stereocenters. The van der Waals surface area contributed by atoms with E-state index in [0.717, 1.165) is 31.7 Å². The van der Waals surface area contributed by atoms with E-state index in [1.807, 2.05) is 19.1 Å². The van der Waals surface area contributed by atoms with Gasteiger partial charge in [-0.2, -0.15) is 0 Å². The quantitative estimate of drug-likeness (QED) is 0.715. The van der Waals surface area contributed by atoms with Gasteiger partial charge in [0.1, 0.15) is 5.75 Å². The molecule has 0 radical (unpaired) electrons. The molecular formula is C14H23NO2. The van der Waals surface area contributed by atoms with Crippen molar-refractivity contribution in [3.8, 4) is 5.75 Å². The van der Waals surface area contributed by atoms with Gasteiger partial charge in [0.15, 0.2) is 0 Å². The van der Waals surface area contributed by atoms with E-state index in [4.69, 9.17) is 4.74 Å². The summed E-state index contributed by atoms with van der Waals surface area (Å²) in [6, 6.07) is 6.17. The molecule has 0 spiro atoms. The van der Waals surface area contributed by atoms with Crippen LogP contribution in [0, 0.1) is 6.92 Å². The Bertz CT molecular complexity index is 339. The summed E-state index contributed by atoms with van der Waals surface area (Å²) in [6.07, 6.45) is 1.42. The van der Waals surface area contributed by atoms with Crippen molar-refractivity contribution in [2.24, 2.45) is 0 Å². The van der Waals surface area contributed by atoms with Gasteiger partial charge in [0.05, 0.1) is 13.2 Å². The number of benzene rings is 1. The van der Waals surface area contributed by atoms with Crippen LogP contribution in [0.3, 0.4) is 0 Å². The third-order valence-electron chi connectivity index (χ3n) is 2.88. The van der Waals surface area contributed by atoms with Gasteiger partial charge in [0.2, 0.25) is 0 Å². The Labute approximate surface area is 104 Å². The maximum absolute atomic E-state index is 9.44. The first-order valence-corrected chi connectivity index (χ1v) is 6.19. The summed E-state index contributed by atoms with van der Waals surface area (Å²) < 4.78 is 5.31. The summed E-state index contributed by atoms with van der Waals surface area (Å²) in [6.45, 7) is 5.67. The molecule has 0 aliphatic carbocycles. The number of aryl methyl sites for hydroxylation is 1. The second kappa shape index (κ2) is 7.30. The zero-order valence-corrected chi connectivity index (χ0v) is 11.0. The minimum Gasteiger partial charge on any atom is -0.496 e. The van der Waals surface area contributed by atoms with Gasteiger partial charge in [-0.1, -0.05) is 24.6 Å². The van der Waals surface area contributed by atoms with Crippen LogP contribution in [0.4, 0.5) is 0 Å². The SMILES string of the molecule is CCC(O)CCNCc1cc(C)ccc1OC. The summed E-state index contributed by atoms with van der Waals surface area (Å²) in [5.41, 5.74) is 2.40. The Morgan fingerprint density at radius 3 is 2.82 bits per heavy atom. The number of methoxy groups -OCH3 is 1. The van der Waals surface area contributed by atoms with E-state index in [2.05, 4.69) is 18.3 Å². The van der Waals surface area contributed by atoms with Crippen LogP contribution in [0.2, 0.25) is 0 Å². The predicted molar refractivity (Wildman–Crippen MR) is 70.4 cm³/mol. The molecule has 3 heteroatoms. The first-order chi connectivity index (χ1) is 8.17. The molecular weight excluding hydrogens is 214 g/mol. The molecule has 17 heavy (non-hydrogen) atoms. The lowest BCUT2D eigenvalue weighted by Crippen LogP contribution is -2.20. The molecule has 0 aromatic heterocycles. The standard InChI is InChI=1S/C14H23NO2/c1-4-13(16)7-8-15-10-12-9-11(2)5-6-14(12)17-3/h5-6,9,13,15-16H,4,7-8,10H2,1-3H3. The lowest BCUT2D eigenvalue weighted by atomic mass is 10.1. The molecule has 0 fully saturated rings. The summed E-state index contributed by atoms with van der Waals surface area (Å²) in [5, 5.41) is 12.8. The van der Waals surface area contributed by atoms with Crippen molar-refractivity contribution < 1.29 is 9.84 Å². The van der Waals surface area contributed by atoms with Crippen LogP contribution in [0.5, 0.6) is 5.75 Å². The molecule has 96 valence electrons. The highest BCUT2D eigenvalue weighted by molar-refractivity contribution is 5.36. The second-order valence-electron chi connectivity index (χ2n) is 4.34. The summed E-state index contributed by atoms with van der Waals surface area (Å²) in [4.78, 5) is 0. The lowest BCUT2D eigenvalue weighted by Gasteiger charge is -2.12. The molecule has 1 aromatic rings. The Morgan fingerprint density at radius 2 is 2.18 bits per heavy atom. The normalized spacial score (nSPS) is 12.5. The average molecular weight is 237 g/mol. The molecule has 1 atom stereocenters. The summed E-state index contributed by atoms with van der Waals surface area (Å²) >= 11 is 0. The molecule has 2 N–H and O–H groups in total. The zero-order valence-electron chi connectivity index (χ0n) is 11.0. The predicted octanol–water partition coefficient (Wildman–Crippen LogP) is 2.25. The number of hydrogen-bond acceptors (Lipinski definition) is 3. The Kier molecular flexibility index (Phi) is 6.01. The largest absolute Gasteiger partial charge is 0.496 e. The number of aliphatic hydroxyl groups excluding tert-OH is 1. The molecule has 0 aliphatic heterocycles. The molecule has 1 rings (SSSR count). The van der Waals surface area contributed by atoms with Crippen molar-refractivity contribution in [1.29, 1.82) is 0 Å².